The van der Waals surface area contributed by atoms with E-state index in [1.165, 1.54) is 24.2 Å². The van der Waals surface area contributed by atoms with Gasteiger partial charge in [-0.2, -0.15) is 0 Å². The maximum atomic E-state index is 14.9. The van der Waals surface area contributed by atoms with Crippen LogP contribution in [0.1, 0.15) is 25.1 Å². The SMILES string of the molecule is CC(=O)OCC(=O)NC1CCN(c2ccc(N3CC([C@@H](N)c4ccon4)OC3=O)cc2F)C1. The van der Waals surface area contributed by atoms with Gasteiger partial charge in [-0.05, 0) is 24.6 Å². The number of rotatable bonds is 7. The number of hydrogen-bond donors (Lipinski definition) is 2. The van der Waals surface area contributed by atoms with E-state index < -0.39 is 35.9 Å². The Balaban J connectivity index is 1.37. The molecule has 2 aromatic rings. The molecular formula is C21H24FN5O6. The number of carbonyl (C=O) groups excluding carboxylic acids is 3. The summed E-state index contributed by atoms with van der Waals surface area (Å²) in [7, 11) is 0. The van der Waals surface area contributed by atoms with Crippen molar-refractivity contribution in [3.8, 4) is 0 Å². The molecule has 4 rings (SSSR count). The number of nitrogens with zero attached hydrogens (tertiary/aromatic N) is 3. The Hall–Kier alpha value is -3.67. The molecule has 1 aromatic carbocycles. The molecule has 3 heterocycles. The highest BCUT2D eigenvalue weighted by Crippen LogP contribution is 2.31. The molecule has 2 unspecified atom stereocenters. The second kappa shape index (κ2) is 9.45. The highest BCUT2D eigenvalue weighted by atomic mass is 19.1. The summed E-state index contributed by atoms with van der Waals surface area (Å²) in [6, 6.07) is 5.23. The monoisotopic (exact) mass is 461 g/mol. The predicted octanol–water partition coefficient (Wildman–Crippen LogP) is 1.10. The molecule has 2 amide bonds. The summed E-state index contributed by atoms with van der Waals surface area (Å²) in [4.78, 5) is 38.1. The van der Waals surface area contributed by atoms with Crippen LogP contribution in [-0.2, 0) is 19.1 Å². The Morgan fingerprint density at radius 2 is 2.18 bits per heavy atom. The zero-order valence-corrected chi connectivity index (χ0v) is 17.9. The van der Waals surface area contributed by atoms with Crippen LogP contribution in [0.3, 0.4) is 0 Å². The van der Waals surface area contributed by atoms with Gasteiger partial charge in [0.25, 0.3) is 5.91 Å². The molecule has 1 aromatic heterocycles. The summed E-state index contributed by atoms with van der Waals surface area (Å²) in [5.41, 5.74) is 7.27. The van der Waals surface area contributed by atoms with Gasteiger partial charge in [0, 0.05) is 32.1 Å². The van der Waals surface area contributed by atoms with E-state index in [0.29, 0.717) is 36.6 Å². The summed E-state index contributed by atoms with van der Waals surface area (Å²) in [5.74, 6) is -1.44. The summed E-state index contributed by atoms with van der Waals surface area (Å²) >= 11 is 0. The Kier molecular flexibility index (Phi) is 6.45. The topological polar surface area (TPSA) is 140 Å². The first-order valence-electron chi connectivity index (χ1n) is 10.4. The smallest absolute Gasteiger partial charge is 0.414 e. The Morgan fingerprint density at radius 1 is 1.36 bits per heavy atom. The van der Waals surface area contributed by atoms with Crippen LogP contribution in [0, 0.1) is 5.82 Å². The lowest BCUT2D eigenvalue weighted by Crippen LogP contribution is -2.39. The van der Waals surface area contributed by atoms with Crippen molar-refractivity contribution in [2.45, 2.75) is 31.5 Å². The highest BCUT2D eigenvalue weighted by Gasteiger charge is 2.38. The molecule has 0 spiro atoms. The van der Waals surface area contributed by atoms with E-state index >= 15 is 0 Å². The molecule has 3 N–H and O–H groups in total. The molecule has 2 aliphatic heterocycles. The first-order chi connectivity index (χ1) is 15.8. The number of halogens is 1. The zero-order chi connectivity index (χ0) is 23.5. The van der Waals surface area contributed by atoms with Crippen molar-refractivity contribution in [3.63, 3.8) is 0 Å². The molecular weight excluding hydrogens is 437 g/mol. The molecule has 3 atom stereocenters. The van der Waals surface area contributed by atoms with E-state index in [1.54, 1.807) is 18.2 Å². The van der Waals surface area contributed by atoms with Crippen LogP contribution < -0.4 is 20.9 Å². The molecule has 2 fully saturated rings. The minimum Gasteiger partial charge on any atom is -0.456 e. The maximum Gasteiger partial charge on any atom is 0.414 e. The van der Waals surface area contributed by atoms with Crippen LogP contribution in [0.5, 0.6) is 0 Å². The van der Waals surface area contributed by atoms with E-state index in [9.17, 15) is 18.8 Å². The van der Waals surface area contributed by atoms with Crippen molar-refractivity contribution in [1.29, 1.82) is 0 Å². The largest absolute Gasteiger partial charge is 0.456 e. The number of aromatic nitrogens is 1. The molecule has 0 bridgehead atoms. The number of nitrogens with two attached hydrogens (primary N) is 1. The van der Waals surface area contributed by atoms with E-state index in [0.717, 1.165) is 0 Å². The number of benzene rings is 1. The lowest BCUT2D eigenvalue weighted by Gasteiger charge is -2.21. The van der Waals surface area contributed by atoms with Crippen LogP contribution >= 0.6 is 0 Å². The highest BCUT2D eigenvalue weighted by molar-refractivity contribution is 5.90. The van der Waals surface area contributed by atoms with Crippen molar-refractivity contribution in [1.82, 2.24) is 10.5 Å². The standard InChI is InChI=1S/C21H24FN5O6/c1-12(28)31-11-19(29)24-13-4-6-26(9-13)17-3-2-14(8-15(17)22)27-10-18(33-21(27)30)20(23)16-5-7-32-25-16/h2-3,5,7-8,13,18,20H,4,6,9-11,23H2,1H3,(H,24,29)/t13?,18?,20-/m0/s1. The zero-order valence-electron chi connectivity index (χ0n) is 17.9. The Bertz CT molecular complexity index is 1030. The Morgan fingerprint density at radius 3 is 2.88 bits per heavy atom. The lowest BCUT2D eigenvalue weighted by molar-refractivity contribution is -0.146. The fourth-order valence-electron chi connectivity index (χ4n) is 3.92. The molecule has 11 nitrogen and oxygen atoms in total. The van der Waals surface area contributed by atoms with E-state index in [4.69, 9.17) is 15.0 Å². The molecule has 2 aliphatic rings. The minimum atomic E-state index is -0.667. The second-order valence-corrected chi connectivity index (χ2v) is 7.90. The number of esters is 1. The van der Waals surface area contributed by atoms with Crippen molar-refractivity contribution < 1.29 is 32.8 Å². The molecule has 2 saturated heterocycles. The van der Waals surface area contributed by atoms with Crippen LogP contribution in [0.15, 0.2) is 35.1 Å². The van der Waals surface area contributed by atoms with Crippen LogP contribution in [0.2, 0.25) is 0 Å². The van der Waals surface area contributed by atoms with Crippen molar-refractivity contribution >= 4 is 29.3 Å². The number of anilines is 2. The molecule has 176 valence electrons. The maximum absolute atomic E-state index is 14.9. The number of nitrogens with one attached hydrogen (secondary N) is 1. The third-order valence-corrected chi connectivity index (χ3v) is 5.58. The van der Waals surface area contributed by atoms with E-state index in [1.807, 2.05) is 4.90 Å². The van der Waals surface area contributed by atoms with Gasteiger partial charge in [-0.15, -0.1) is 0 Å². The van der Waals surface area contributed by atoms with Crippen LogP contribution in [0.25, 0.3) is 0 Å². The van der Waals surface area contributed by atoms with Crippen molar-refractivity contribution in [2.75, 3.05) is 36.0 Å². The summed E-state index contributed by atoms with van der Waals surface area (Å²) in [6.07, 6.45) is 0.724. The van der Waals surface area contributed by atoms with Gasteiger partial charge in [0.1, 0.15) is 23.9 Å². The van der Waals surface area contributed by atoms with Crippen LogP contribution in [-0.4, -0.2) is 61.5 Å². The fraction of sp³-hybridized carbons (Fsp3) is 0.429. The van der Waals surface area contributed by atoms with Gasteiger partial charge in [0.05, 0.1) is 24.0 Å². The lowest BCUT2D eigenvalue weighted by atomic mass is 10.1. The van der Waals surface area contributed by atoms with Gasteiger partial charge < -0.3 is 29.9 Å². The predicted molar refractivity (Wildman–Crippen MR) is 113 cm³/mol. The molecule has 0 radical (unpaired) electrons. The number of carbonyl (C=O) groups is 3. The molecule has 33 heavy (non-hydrogen) atoms. The third-order valence-electron chi connectivity index (χ3n) is 5.58. The number of ether oxygens (including phenoxy) is 2. The average Bonchev–Trinajstić information content (AvgIpc) is 3.53. The fourth-order valence-corrected chi connectivity index (χ4v) is 3.92. The van der Waals surface area contributed by atoms with Gasteiger partial charge >= 0.3 is 12.1 Å². The summed E-state index contributed by atoms with van der Waals surface area (Å²) in [6.45, 7) is 1.97. The second-order valence-electron chi connectivity index (χ2n) is 7.90. The third kappa shape index (κ3) is 5.06. The van der Waals surface area contributed by atoms with Crippen LogP contribution in [0.4, 0.5) is 20.6 Å². The Labute approximate surface area is 188 Å². The van der Waals surface area contributed by atoms with Crippen molar-refractivity contribution in [3.05, 3.63) is 42.0 Å². The normalized spacial score (nSPS) is 21.1. The quantitative estimate of drug-likeness (QED) is 0.580. The van der Waals surface area contributed by atoms with Gasteiger partial charge in [-0.3, -0.25) is 14.5 Å². The average molecular weight is 461 g/mol. The van der Waals surface area contributed by atoms with Crippen molar-refractivity contribution in [2.24, 2.45) is 5.73 Å². The van der Waals surface area contributed by atoms with E-state index in [2.05, 4.69) is 15.2 Å². The number of amides is 2. The molecule has 12 heteroatoms. The van der Waals surface area contributed by atoms with Gasteiger partial charge in [0.15, 0.2) is 6.61 Å². The first-order valence-corrected chi connectivity index (χ1v) is 10.4. The van der Waals surface area contributed by atoms with E-state index in [-0.39, 0.29) is 19.2 Å². The van der Waals surface area contributed by atoms with Gasteiger partial charge in [0.2, 0.25) is 0 Å². The van der Waals surface area contributed by atoms with Gasteiger partial charge in [-0.1, -0.05) is 5.16 Å². The summed E-state index contributed by atoms with van der Waals surface area (Å²) in [5, 5.41) is 6.54. The van der Waals surface area contributed by atoms with Gasteiger partial charge in [-0.25, -0.2) is 9.18 Å². The minimum absolute atomic E-state index is 0.145. The molecule has 0 saturated carbocycles. The number of hydrogen-bond acceptors (Lipinski definition) is 9. The first kappa shape index (κ1) is 22.5. The molecule has 0 aliphatic carbocycles. The summed E-state index contributed by atoms with van der Waals surface area (Å²) < 4.78 is 29.7. The number of cyclic esters (lactones) is 1.